The highest BCUT2D eigenvalue weighted by Crippen LogP contribution is 2.40. The van der Waals surface area contributed by atoms with Gasteiger partial charge in [0.25, 0.3) is 11.5 Å². The minimum absolute atomic E-state index is 0.115. The highest BCUT2D eigenvalue weighted by Gasteiger charge is 2.29. The van der Waals surface area contributed by atoms with Gasteiger partial charge in [0.2, 0.25) is 0 Å². The fourth-order valence-electron chi connectivity index (χ4n) is 4.27. The summed E-state index contributed by atoms with van der Waals surface area (Å²) in [5, 5.41) is 3.05. The Kier molecular flexibility index (Phi) is 6.41. The number of nitrogens with one attached hydrogen (secondary N) is 2. The number of rotatable bonds is 8. The fraction of sp³-hybridized carbons (Fsp3) is 0.286. The second-order valence-electron chi connectivity index (χ2n) is 9.21. The number of hydrogen-bond donors (Lipinski definition) is 2. The van der Waals surface area contributed by atoms with E-state index in [4.69, 9.17) is 4.74 Å². The average Bonchev–Trinajstić information content (AvgIpc) is 3.72. The van der Waals surface area contributed by atoms with Crippen molar-refractivity contribution in [1.29, 1.82) is 0 Å². The molecule has 0 radical (unpaired) electrons. The number of fused-ring (bicyclic) bond motifs is 1. The molecule has 0 unspecified atom stereocenters. The maximum absolute atomic E-state index is 13.6. The Bertz CT molecular complexity index is 1550. The summed E-state index contributed by atoms with van der Waals surface area (Å²) in [5.74, 6) is 0.309. The lowest BCUT2D eigenvalue weighted by molar-refractivity contribution is 0.102. The van der Waals surface area contributed by atoms with Crippen LogP contribution in [0.5, 0.6) is 5.75 Å². The van der Waals surface area contributed by atoms with Crippen LogP contribution >= 0.6 is 0 Å². The topological polar surface area (TPSA) is 106 Å². The van der Waals surface area contributed by atoms with Crippen LogP contribution in [0.25, 0.3) is 11.0 Å². The Hall–Kier alpha value is -4.20. The zero-order valence-corrected chi connectivity index (χ0v) is 20.3. The van der Waals surface area contributed by atoms with Crippen molar-refractivity contribution >= 4 is 22.6 Å². The number of amides is 1. The van der Waals surface area contributed by atoms with Gasteiger partial charge in [-0.1, -0.05) is 43.3 Å². The van der Waals surface area contributed by atoms with Crippen molar-refractivity contribution in [2.75, 3.05) is 5.32 Å². The summed E-state index contributed by atoms with van der Waals surface area (Å²) in [6.07, 6.45) is 2.62. The Balaban J connectivity index is 1.54. The lowest BCUT2D eigenvalue weighted by atomic mass is 10.1. The third kappa shape index (κ3) is 4.79. The largest absolute Gasteiger partial charge is 0.487 e. The van der Waals surface area contributed by atoms with Gasteiger partial charge in [-0.15, -0.1) is 0 Å². The van der Waals surface area contributed by atoms with E-state index >= 15 is 0 Å². The molecular formula is C28H28N4O4. The molecule has 36 heavy (non-hydrogen) atoms. The summed E-state index contributed by atoms with van der Waals surface area (Å²) in [4.78, 5) is 46.0. The smallest absolute Gasteiger partial charge is 0.329 e. The van der Waals surface area contributed by atoms with Crippen molar-refractivity contribution in [3.63, 3.8) is 0 Å². The second kappa shape index (κ2) is 9.81. The van der Waals surface area contributed by atoms with Crippen LogP contribution in [-0.2, 0) is 13.2 Å². The number of benzene rings is 2. The zero-order valence-electron chi connectivity index (χ0n) is 20.3. The highest BCUT2D eigenvalue weighted by molar-refractivity contribution is 6.12. The Morgan fingerprint density at radius 3 is 2.64 bits per heavy atom. The van der Waals surface area contributed by atoms with E-state index in [0.29, 0.717) is 31.0 Å². The van der Waals surface area contributed by atoms with Crippen LogP contribution in [0, 0.1) is 6.92 Å². The SMILES string of the molecule is CCCn1c(=O)[nH]c(=O)c2c(C(=O)Nc3ccc(C)cc3OCc3ccccc3)cc(C3CC3)nc21. The number of H-pyrrole nitrogens is 1. The fourth-order valence-corrected chi connectivity index (χ4v) is 4.27. The molecule has 0 spiro atoms. The van der Waals surface area contributed by atoms with Crippen LogP contribution in [0.1, 0.15) is 59.3 Å². The maximum Gasteiger partial charge on any atom is 0.329 e. The minimum Gasteiger partial charge on any atom is -0.487 e. The molecule has 2 aromatic heterocycles. The lowest BCUT2D eigenvalue weighted by Gasteiger charge is -2.15. The first kappa shape index (κ1) is 23.5. The van der Waals surface area contributed by atoms with Crippen LogP contribution in [0.4, 0.5) is 5.69 Å². The predicted molar refractivity (Wildman–Crippen MR) is 139 cm³/mol. The molecular weight excluding hydrogens is 456 g/mol. The molecule has 2 heterocycles. The third-order valence-electron chi connectivity index (χ3n) is 6.28. The molecule has 5 rings (SSSR count). The summed E-state index contributed by atoms with van der Waals surface area (Å²) in [7, 11) is 0. The molecule has 0 aliphatic heterocycles. The van der Waals surface area contributed by atoms with E-state index in [2.05, 4.69) is 15.3 Å². The number of carbonyl (C=O) groups is 1. The summed E-state index contributed by atoms with van der Waals surface area (Å²) in [5.41, 5.74) is 2.53. The van der Waals surface area contributed by atoms with E-state index in [1.54, 1.807) is 12.1 Å². The van der Waals surface area contributed by atoms with Gasteiger partial charge >= 0.3 is 5.69 Å². The molecule has 2 aromatic carbocycles. The van der Waals surface area contributed by atoms with Crippen LogP contribution in [0.2, 0.25) is 0 Å². The van der Waals surface area contributed by atoms with Crippen molar-refractivity contribution in [2.24, 2.45) is 0 Å². The van der Waals surface area contributed by atoms with E-state index in [1.165, 1.54) is 4.57 Å². The standard InChI is InChI=1S/C28H28N4O4/c1-3-13-32-25-24(27(34)31-28(32)35)20(15-22(29-25)19-10-11-19)26(33)30-21-12-9-17(2)14-23(21)36-16-18-7-5-4-6-8-18/h4-9,12,14-15,19H,3,10-11,13,16H2,1-2H3,(H,30,33)(H,31,34,35). The Labute approximate surface area is 208 Å². The van der Waals surface area contributed by atoms with Gasteiger partial charge in [-0.3, -0.25) is 19.1 Å². The van der Waals surface area contributed by atoms with E-state index in [1.807, 2.05) is 56.3 Å². The van der Waals surface area contributed by atoms with Gasteiger partial charge in [0.15, 0.2) is 5.65 Å². The molecule has 4 aromatic rings. The number of pyridine rings is 1. The summed E-state index contributed by atoms with van der Waals surface area (Å²) in [6, 6.07) is 17.0. The van der Waals surface area contributed by atoms with Gasteiger partial charge in [-0.05, 0) is 55.5 Å². The molecule has 1 aliphatic carbocycles. The first-order valence-electron chi connectivity index (χ1n) is 12.2. The van der Waals surface area contributed by atoms with Crippen molar-refractivity contribution < 1.29 is 9.53 Å². The average molecular weight is 485 g/mol. The second-order valence-corrected chi connectivity index (χ2v) is 9.21. The van der Waals surface area contributed by atoms with Crippen molar-refractivity contribution in [2.45, 2.75) is 52.2 Å². The predicted octanol–water partition coefficient (Wildman–Crippen LogP) is 4.51. The first-order chi connectivity index (χ1) is 17.4. The number of hydrogen-bond acceptors (Lipinski definition) is 5. The Morgan fingerprint density at radius 1 is 1.14 bits per heavy atom. The minimum atomic E-state index is -0.619. The van der Waals surface area contributed by atoms with Gasteiger partial charge in [-0.2, -0.15) is 0 Å². The van der Waals surface area contributed by atoms with Gasteiger partial charge in [-0.25, -0.2) is 9.78 Å². The van der Waals surface area contributed by atoms with Crippen LogP contribution < -0.4 is 21.3 Å². The molecule has 8 heteroatoms. The number of ether oxygens (including phenoxy) is 1. The lowest BCUT2D eigenvalue weighted by Crippen LogP contribution is -2.32. The van der Waals surface area contributed by atoms with Crippen molar-refractivity contribution in [3.8, 4) is 5.75 Å². The number of nitrogens with zero attached hydrogens (tertiary/aromatic N) is 2. The van der Waals surface area contributed by atoms with E-state index in [-0.39, 0.29) is 22.5 Å². The third-order valence-corrected chi connectivity index (χ3v) is 6.28. The highest BCUT2D eigenvalue weighted by atomic mass is 16.5. The summed E-state index contributed by atoms with van der Waals surface area (Å²) >= 11 is 0. The maximum atomic E-state index is 13.6. The van der Waals surface area contributed by atoms with Crippen molar-refractivity contribution in [1.82, 2.24) is 14.5 Å². The molecule has 0 atom stereocenters. The molecule has 8 nitrogen and oxygen atoms in total. The molecule has 1 aliphatic rings. The summed E-state index contributed by atoms with van der Waals surface area (Å²) in [6.45, 7) is 4.63. The van der Waals surface area contributed by atoms with Crippen LogP contribution in [0.15, 0.2) is 64.2 Å². The van der Waals surface area contributed by atoms with E-state index in [0.717, 1.165) is 29.7 Å². The van der Waals surface area contributed by atoms with Gasteiger partial charge < -0.3 is 10.1 Å². The zero-order chi connectivity index (χ0) is 25.2. The number of aryl methyl sites for hydroxylation is 2. The quantitative estimate of drug-likeness (QED) is 0.383. The number of carbonyl (C=O) groups excluding carboxylic acids is 1. The first-order valence-corrected chi connectivity index (χ1v) is 12.2. The number of aromatic amines is 1. The molecule has 184 valence electrons. The van der Waals surface area contributed by atoms with Gasteiger partial charge in [0.05, 0.1) is 16.6 Å². The van der Waals surface area contributed by atoms with Gasteiger partial charge in [0, 0.05) is 18.2 Å². The normalized spacial score (nSPS) is 13.1. The number of anilines is 1. The summed E-state index contributed by atoms with van der Waals surface area (Å²) < 4.78 is 7.49. The molecule has 1 saturated carbocycles. The van der Waals surface area contributed by atoms with E-state index in [9.17, 15) is 14.4 Å². The van der Waals surface area contributed by atoms with Crippen molar-refractivity contribution in [3.05, 3.63) is 97.8 Å². The molecule has 1 fully saturated rings. The molecule has 2 N–H and O–H groups in total. The molecule has 1 amide bonds. The molecule has 0 bridgehead atoms. The molecule has 0 saturated heterocycles. The van der Waals surface area contributed by atoms with Crippen LogP contribution in [-0.4, -0.2) is 20.4 Å². The monoisotopic (exact) mass is 484 g/mol. The number of aromatic nitrogens is 3. The van der Waals surface area contributed by atoms with E-state index < -0.39 is 17.2 Å². The Morgan fingerprint density at radius 2 is 1.92 bits per heavy atom. The van der Waals surface area contributed by atoms with Crippen LogP contribution in [0.3, 0.4) is 0 Å². The van der Waals surface area contributed by atoms with Gasteiger partial charge in [0.1, 0.15) is 12.4 Å².